The van der Waals surface area contributed by atoms with Gasteiger partial charge in [-0.25, -0.2) is 4.39 Å². The average Bonchev–Trinajstić information content (AvgIpc) is 3.17. The number of carbonyl (C=O) groups is 3. The zero-order valence-corrected chi connectivity index (χ0v) is 16.1. The zero-order valence-electron chi connectivity index (χ0n) is 15.3. The molecule has 0 spiro atoms. The third-order valence-corrected chi connectivity index (χ3v) is 5.09. The number of benzene rings is 1. The van der Waals surface area contributed by atoms with Crippen molar-refractivity contribution >= 4 is 34.9 Å². The molecule has 1 N–H and O–H groups in total. The Balaban J connectivity index is 1.63. The highest BCUT2D eigenvalue weighted by molar-refractivity contribution is 8.18. The van der Waals surface area contributed by atoms with Gasteiger partial charge in [0.05, 0.1) is 10.6 Å². The van der Waals surface area contributed by atoms with Crippen LogP contribution in [0.5, 0.6) is 0 Å². The molecule has 1 aromatic carbocycles. The van der Waals surface area contributed by atoms with E-state index in [9.17, 15) is 18.8 Å². The van der Waals surface area contributed by atoms with Crippen LogP contribution in [0.3, 0.4) is 0 Å². The summed E-state index contributed by atoms with van der Waals surface area (Å²) in [6.45, 7) is 3.59. The fourth-order valence-electron chi connectivity index (χ4n) is 2.75. The Hall–Kier alpha value is -2.94. The van der Waals surface area contributed by atoms with Crippen molar-refractivity contribution in [3.8, 4) is 0 Å². The Morgan fingerprint density at radius 3 is 2.82 bits per heavy atom. The van der Waals surface area contributed by atoms with Crippen LogP contribution in [0.15, 0.2) is 33.7 Å². The molecule has 0 radical (unpaired) electrons. The van der Waals surface area contributed by atoms with Gasteiger partial charge >= 0.3 is 0 Å². The molecule has 1 saturated heterocycles. The summed E-state index contributed by atoms with van der Waals surface area (Å²) < 4.78 is 18.8. The summed E-state index contributed by atoms with van der Waals surface area (Å²) in [5.41, 5.74) is 1.15. The number of nitrogens with one attached hydrogen (secondary N) is 1. The fraction of sp³-hybridized carbons (Fsp3) is 0.263. The molecule has 0 saturated carbocycles. The van der Waals surface area contributed by atoms with E-state index in [0.717, 1.165) is 16.7 Å². The molecular formula is C19H18FN3O4S. The van der Waals surface area contributed by atoms with Crippen LogP contribution in [-0.2, 0) is 11.2 Å². The van der Waals surface area contributed by atoms with Crippen molar-refractivity contribution in [3.63, 3.8) is 0 Å². The topological polar surface area (TPSA) is 92.5 Å². The Bertz CT molecular complexity index is 970. The van der Waals surface area contributed by atoms with E-state index in [0.29, 0.717) is 23.4 Å². The largest absolute Gasteiger partial charge is 0.361 e. The zero-order chi connectivity index (χ0) is 20.3. The number of thioether (sulfide) groups is 1. The van der Waals surface area contributed by atoms with Crippen molar-refractivity contribution in [2.24, 2.45) is 0 Å². The summed E-state index contributed by atoms with van der Waals surface area (Å²) in [5, 5.41) is 6.03. The lowest BCUT2D eigenvalue weighted by Crippen LogP contribution is -2.37. The molecule has 28 heavy (non-hydrogen) atoms. The molecule has 0 bridgehead atoms. The van der Waals surface area contributed by atoms with E-state index < -0.39 is 17.0 Å². The highest BCUT2D eigenvalue weighted by atomic mass is 32.2. The summed E-state index contributed by atoms with van der Waals surface area (Å²) in [6.07, 6.45) is 1.90. The molecule has 3 amide bonds. The van der Waals surface area contributed by atoms with Gasteiger partial charge in [0.1, 0.15) is 17.1 Å². The molecule has 2 heterocycles. The van der Waals surface area contributed by atoms with E-state index in [-0.39, 0.29) is 29.5 Å². The van der Waals surface area contributed by atoms with Crippen molar-refractivity contribution < 1.29 is 23.3 Å². The molecule has 1 aliphatic rings. The number of imide groups is 1. The third kappa shape index (κ3) is 3.99. The molecule has 0 unspecified atom stereocenters. The van der Waals surface area contributed by atoms with Crippen LogP contribution in [0.2, 0.25) is 0 Å². The van der Waals surface area contributed by atoms with Crippen molar-refractivity contribution in [2.75, 3.05) is 13.1 Å². The summed E-state index contributed by atoms with van der Waals surface area (Å²) in [7, 11) is 0. The monoisotopic (exact) mass is 403 g/mol. The maximum atomic E-state index is 13.8. The standard InChI is InChI=1S/C19H18FN3O4S/c1-3-14-16(11(2)27-22-14)17(24)21-8-9-23-18(25)15(28-19(23)26)10-12-6-4-5-7-13(12)20/h4-7,10H,3,8-9H2,1-2H3,(H,21,24). The van der Waals surface area contributed by atoms with Gasteiger partial charge in [-0.05, 0) is 37.2 Å². The van der Waals surface area contributed by atoms with Gasteiger partial charge in [0.25, 0.3) is 17.1 Å². The number of rotatable bonds is 6. The number of halogens is 1. The number of carbonyl (C=O) groups excluding carboxylic acids is 3. The Kier molecular flexibility index (Phi) is 5.93. The first-order valence-electron chi connectivity index (χ1n) is 8.65. The highest BCUT2D eigenvalue weighted by Crippen LogP contribution is 2.32. The third-order valence-electron chi connectivity index (χ3n) is 4.18. The molecular weight excluding hydrogens is 385 g/mol. The molecule has 0 atom stereocenters. The lowest BCUT2D eigenvalue weighted by molar-refractivity contribution is -0.122. The minimum atomic E-state index is -0.511. The molecule has 0 aliphatic carbocycles. The maximum absolute atomic E-state index is 13.8. The average molecular weight is 403 g/mol. The van der Waals surface area contributed by atoms with Gasteiger partial charge in [-0.2, -0.15) is 0 Å². The van der Waals surface area contributed by atoms with Crippen LogP contribution in [0.1, 0.15) is 34.3 Å². The second kappa shape index (κ2) is 8.39. The fourth-order valence-corrected chi connectivity index (χ4v) is 3.60. The quantitative estimate of drug-likeness (QED) is 0.745. The SMILES string of the molecule is CCc1noc(C)c1C(=O)NCCN1C(=O)SC(=Cc2ccccc2F)C1=O. The second-order valence-electron chi connectivity index (χ2n) is 6.02. The molecule has 2 aromatic rings. The van der Waals surface area contributed by atoms with Gasteiger partial charge in [0, 0.05) is 18.7 Å². The summed E-state index contributed by atoms with van der Waals surface area (Å²) in [6, 6.07) is 5.99. The smallest absolute Gasteiger partial charge is 0.293 e. The Morgan fingerprint density at radius 1 is 1.36 bits per heavy atom. The van der Waals surface area contributed by atoms with E-state index in [1.807, 2.05) is 6.92 Å². The van der Waals surface area contributed by atoms with Crippen LogP contribution in [0.25, 0.3) is 6.08 Å². The molecule has 146 valence electrons. The van der Waals surface area contributed by atoms with Gasteiger partial charge in [0.15, 0.2) is 0 Å². The van der Waals surface area contributed by atoms with Gasteiger partial charge in [-0.3, -0.25) is 19.3 Å². The minimum absolute atomic E-state index is 0.0107. The molecule has 9 heteroatoms. The van der Waals surface area contributed by atoms with Crippen molar-refractivity contribution in [3.05, 3.63) is 57.6 Å². The lowest BCUT2D eigenvalue weighted by atomic mass is 10.1. The molecule has 3 rings (SSSR count). The molecule has 7 nitrogen and oxygen atoms in total. The first-order chi connectivity index (χ1) is 13.4. The van der Waals surface area contributed by atoms with E-state index in [4.69, 9.17) is 4.52 Å². The van der Waals surface area contributed by atoms with Crippen LogP contribution in [-0.4, -0.2) is 40.2 Å². The first-order valence-corrected chi connectivity index (χ1v) is 9.47. The normalized spacial score (nSPS) is 15.5. The maximum Gasteiger partial charge on any atom is 0.293 e. The van der Waals surface area contributed by atoms with Crippen molar-refractivity contribution in [1.82, 2.24) is 15.4 Å². The van der Waals surface area contributed by atoms with E-state index in [1.54, 1.807) is 19.1 Å². The molecule has 1 fully saturated rings. The van der Waals surface area contributed by atoms with Crippen LogP contribution in [0.4, 0.5) is 9.18 Å². The Morgan fingerprint density at radius 2 is 2.11 bits per heavy atom. The Labute approximate surface area is 164 Å². The van der Waals surface area contributed by atoms with Gasteiger partial charge in [-0.15, -0.1) is 0 Å². The number of hydrogen-bond acceptors (Lipinski definition) is 6. The molecule has 1 aromatic heterocycles. The van der Waals surface area contributed by atoms with E-state index in [1.165, 1.54) is 18.2 Å². The molecule has 1 aliphatic heterocycles. The highest BCUT2D eigenvalue weighted by Gasteiger charge is 2.35. The minimum Gasteiger partial charge on any atom is -0.361 e. The van der Waals surface area contributed by atoms with Crippen LogP contribution in [0, 0.1) is 12.7 Å². The van der Waals surface area contributed by atoms with Gasteiger partial charge < -0.3 is 9.84 Å². The van der Waals surface area contributed by atoms with Crippen molar-refractivity contribution in [1.29, 1.82) is 0 Å². The van der Waals surface area contributed by atoms with Crippen molar-refractivity contribution in [2.45, 2.75) is 20.3 Å². The van der Waals surface area contributed by atoms with E-state index in [2.05, 4.69) is 10.5 Å². The number of aromatic nitrogens is 1. The summed E-state index contributed by atoms with van der Waals surface area (Å²) >= 11 is 0.745. The number of nitrogens with zero attached hydrogens (tertiary/aromatic N) is 2. The number of aryl methyl sites for hydroxylation is 2. The summed E-state index contributed by atoms with van der Waals surface area (Å²) in [5.74, 6) is -0.946. The van der Waals surface area contributed by atoms with Gasteiger partial charge in [0.2, 0.25) is 0 Å². The lowest BCUT2D eigenvalue weighted by Gasteiger charge is -2.13. The summed E-state index contributed by atoms with van der Waals surface area (Å²) in [4.78, 5) is 38.1. The van der Waals surface area contributed by atoms with Gasteiger partial charge in [-0.1, -0.05) is 30.3 Å². The predicted molar refractivity (Wildman–Crippen MR) is 102 cm³/mol. The van der Waals surface area contributed by atoms with Crippen LogP contribution >= 0.6 is 11.8 Å². The van der Waals surface area contributed by atoms with E-state index >= 15 is 0 Å². The second-order valence-corrected chi connectivity index (χ2v) is 7.02. The predicted octanol–water partition coefficient (Wildman–Crippen LogP) is 3.15. The number of hydrogen-bond donors (Lipinski definition) is 1. The number of amides is 3. The van der Waals surface area contributed by atoms with Crippen LogP contribution < -0.4 is 5.32 Å². The first kappa shape index (κ1) is 19.8.